The van der Waals surface area contributed by atoms with Gasteiger partial charge >= 0.3 is 18.0 Å². The first-order valence-corrected chi connectivity index (χ1v) is 10.3. The summed E-state index contributed by atoms with van der Waals surface area (Å²) in [7, 11) is 1.40. The number of carboxylic acid groups (broad SMARTS) is 1. The standard InChI is InChI=1S/C23H21BrN2O6/c1-12-6-4-5-7-14(12)8-9-18(27)32-21-16(24)10-15(11-17(21)31-3)20-19(22(28)29)13(2)25-23(30)26-20/h4-11,20H,1-3H3,(H,28,29)(H2,25,26,30). The fourth-order valence-electron chi connectivity index (χ4n) is 3.30. The number of carbonyl (C=O) groups excluding carboxylic acids is 2. The summed E-state index contributed by atoms with van der Waals surface area (Å²) in [6, 6.07) is 9.25. The highest BCUT2D eigenvalue weighted by Gasteiger charge is 2.32. The van der Waals surface area contributed by atoms with Gasteiger partial charge in [0, 0.05) is 11.8 Å². The van der Waals surface area contributed by atoms with Crippen LogP contribution in [0, 0.1) is 6.92 Å². The van der Waals surface area contributed by atoms with Crippen LogP contribution in [0.1, 0.15) is 29.7 Å². The topological polar surface area (TPSA) is 114 Å². The van der Waals surface area contributed by atoms with Crippen molar-refractivity contribution >= 4 is 40.0 Å². The summed E-state index contributed by atoms with van der Waals surface area (Å²) in [5.41, 5.74) is 2.57. The molecule has 1 heterocycles. The molecule has 1 aliphatic rings. The van der Waals surface area contributed by atoms with Crippen LogP contribution in [0.5, 0.6) is 11.5 Å². The summed E-state index contributed by atoms with van der Waals surface area (Å²) in [5.74, 6) is -1.46. The summed E-state index contributed by atoms with van der Waals surface area (Å²) >= 11 is 3.36. The Morgan fingerprint density at radius 1 is 1.19 bits per heavy atom. The molecule has 1 unspecified atom stereocenters. The zero-order valence-corrected chi connectivity index (χ0v) is 19.1. The van der Waals surface area contributed by atoms with Gasteiger partial charge in [0.1, 0.15) is 0 Å². The zero-order chi connectivity index (χ0) is 23.4. The van der Waals surface area contributed by atoms with Gasteiger partial charge in [0.25, 0.3) is 0 Å². The van der Waals surface area contributed by atoms with Crippen molar-refractivity contribution in [1.82, 2.24) is 10.6 Å². The van der Waals surface area contributed by atoms with Gasteiger partial charge in [-0.2, -0.15) is 0 Å². The predicted octanol–water partition coefficient (Wildman–Crippen LogP) is 4.10. The SMILES string of the molecule is COc1cc(C2NC(=O)NC(C)=C2C(=O)O)cc(Br)c1OC(=O)C=Cc1ccccc1C. The summed E-state index contributed by atoms with van der Waals surface area (Å²) < 4.78 is 11.2. The number of rotatable bonds is 6. The van der Waals surface area contributed by atoms with E-state index in [0.29, 0.717) is 10.0 Å². The molecule has 3 rings (SSSR count). The number of benzene rings is 2. The first kappa shape index (κ1) is 23.1. The van der Waals surface area contributed by atoms with Crippen LogP contribution in [0.2, 0.25) is 0 Å². The number of ether oxygens (including phenoxy) is 2. The number of aryl methyl sites for hydroxylation is 1. The van der Waals surface area contributed by atoms with Gasteiger partial charge in [0.05, 0.1) is 23.2 Å². The van der Waals surface area contributed by atoms with Crippen molar-refractivity contribution in [2.75, 3.05) is 7.11 Å². The third-order valence-electron chi connectivity index (χ3n) is 4.87. The highest BCUT2D eigenvalue weighted by molar-refractivity contribution is 9.10. The lowest BCUT2D eigenvalue weighted by atomic mass is 9.95. The molecule has 0 saturated carbocycles. The van der Waals surface area contributed by atoms with E-state index < -0.39 is 24.0 Å². The Kier molecular flexibility index (Phi) is 6.99. The Morgan fingerprint density at radius 3 is 2.56 bits per heavy atom. The predicted molar refractivity (Wildman–Crippen MR) is 121 cm³/mol. The van der Waals surface area contributed by atoms with Crippen molar-refractivity contribution in [1.29, 1.82) is 0 Å². The number of nitrogens with one attached hydrogen (secondary N) is 2. The van der Waals surface area contributed by atoms with Gasteiger partial charge in [-0.05, 0) is 64.7 Å². The third-order valence-corrected chi connectivity index (χ3v) is 5.46. The number of amides is 2. The van der Waals surface area contributed by atoms with Gasteiger partial charge in [-0.25, -0.2) is 14.4 Å². The zero-order valence-electron chi connectivity index (χ0n) is 17.6. The van der Waals surface area contributed by atoms with Crippen molar-refractivity contribution in [3.63, 3.8) is 0 Å². The second kappa shape index (κ2) is 9.69. The van der Waals surface area contributed by atoms with Crippen LogP contribution in [0.15, 0.2) is 58.2 Å². The molecular formula is C23H21BrN2O6. The number of halogens is 1. The van der Waals surface area contributed by atoms with E-state index in [1.165, 1.54) is 26.2 Å². The molecule has 0 fully saturated rings. The Hall–Kier alpha value is -3.59. The molecule has 0 saturated heterocycles. The molecule has 166 valence electrons. The molecule has 2 aromatic carbocycles. The Labute approximate surface area is 193 Å². The van der Waals surface area contributed by atoms with Gasteiger partial charge in [0.15, 0.2) is 11.5 Å². The minimum absolute atomic E-state index is 0.00976. The maximum Gasteiger partial charge on any atom is 0.336 e. The van der Waals surface area contributed by atoms with Crippen molar-refractivity contribution in [2.45, 2.75) is 19.9 Å². The van der Waals surface area contributed by atoms with Crippen molar-refractivity contribution < 1.29 is 29.0 Å². The second-order valence-electron chi connectivity index (χ2n) is 7.02. The number of hydrogen-bond donors (Lipinski definition) is 3. The summed E-state index contributed by atoms with van der Waals surface area (Å²) in [6.45, 7) is 3.45. The van der Waals surface area contributed by atoms with Gasteiger partial charge in [-0.3, -0.25) is 0 Å². The van der Waals surface area contributed by atoms with Crippen molar-refractivity contribution in [3.8, 4) is 11.5 Å². The maximum atomic E-state index is 12.4. The maximum absolute atomic E-state index is 12.4. The first-order chi connectivity index (χ1) is 15.2. The fourth-order valence-corrected chi connectivity index (χ4v) is 3.84. The van der Waals surface area contributed by atoms with E-state index in [1.807, 2.05) is 31.2 Å². The fraction of sp³-hybridized carbons (Fsp3) is 0.174. The minimum atomic E-state index is -1.17. The first-order valence-electron chi connectivity index (χ1n) is 9.55. The van der Waals surface area contributed by atoms with Crippen LogP contribution in [0.3, 0.4) is 0 Å². The Morgan fingerprint density at radius 2 is 1.91 bits per heavy atom. The van der Waals surface area contributed by atoms with Crippen LogP contribution in [-0.2, 0) is 9.59 Å². The van der Waals surface area contributed by atoms with Crippen LogP contribution < -0.4 is 20.1 Å². The lowest BCUT2D eigenvalue weighted by molar-refractivity contribution is -0.133. The molecule has 0 spiro atoms. The molecule has 0 aromatic heterocycles. The number of urea groups is 1. The van der Waals surface area contributed by atoms with E-state index in [-0.39, 0.29) is 22.8 Å². The van der Waals surface area contributed by atoms with Crippen molar-refractivity contribution in [3.05, 3.63) is 74.9 Å². The molecule has 2 amide bonds. The summed E-state index contributed by atoms with van der Waals surface area (Å²) in [6.07, 6.45) is 2.97. The van der Waals surface area contributed by atoms with Crippen LogP contribution in [0.4, 0.5) is 4.79 Å². The Bertz CT molecular complexity index is 1160. The van der Waals surface area contributed by atoms with E-state index in [9.17, 15) is 19.5 Å². The number of hydrogen-bond acceptors (Lipinski definition) is 5. The van der Waals surface area contributed by atoms with E-state index in [1.54, 1.807) is 12.1 Å². The van der Waals surface area contributed by atoms with Gasteiger partial charge < -0.3 is 25.2 Å². The lowest BCUT2D eigenvalue weighted by Gasteiger charge is -2.27. The number of aliphatic carboxylic acids is 1. The molecule has 3 N–H and O–H groups in total. The molecule has 8 nitrogen and oxygen atoms in total. The number of methoxy groups -OCH3 is 1. The lowest BCUT2D eigenvalue weighted by Crippen LogP contribution is -2.45. The molecule has 1 aliphatic heterocycles. The van der Waals surface area contributed by atoms with Crippen LogP contribution >= 0.6 is 15.9 Å². The number of esters is 1. The number of carboxylic acids is 1. The third kappa shape index (κ3) is 5.00. The second-order valence-corrected chi connectivity index (χ2v) is 7.87. The molecule has 9 heteroatoms. The average molecular weight is 501 g/mol. The smallest absolute Gasteiger partial charge is 0.336 e. The van der Waals surface area contributed by atoms with Crippen LogP contribution in [0.25, 0.3) is 6.08 Å². The normalized spacial score (nSPS) is 15.9. The highest BCUT2D eigenvalue weighted by atomic mass is 79.9. The average Bonchev–Trinajstić information content (AvgIpc) is 2.73. The molecule has 32 heavy (non-hydrogen) atoms. The summed E-state index contributed by atoms with van der Waals surface area (Å²) in [5, 5.41) is 14.6. The monoisotopic (exact) mass is 500 g/mol. The van der Waals surface area contributed by atoms with Crippen LogP contribution in [-0.4, -0.2) is 30.2 Å². The highest BCUT2D eigenvalue weighted by Crippen LogP contribution is 2.40. The van der Waals surface area contributed by atoms with Gasteiger partial charge in [-0.1, -0.05) is 24.3 Å². The van der Waals surface area contributed by atoms with E-state index in [0.717, 1.165) is 11.1 Å². The quantitative estimate of drug-likeness (QED) is 0.312. The molecule has 2 aromatic rings. The molecule has 1 atom stereocenters. The van der Waals surface area contributed by atoms with Gasteiger partial charge in [-0.15, -0.1) is 0 Å². The Balaban J connectivity index is 1.91. The van der Waals surface area contributed by atoms with E-state index in [4.69, 9.17) is 9.47 Å². The number of carbonyl (C=O) groups is 3. The largest absolute Gasteiger partial charge is 0.493 e. The van der Waals surface area contributed by atoms with Crippen molar-refractivity contribution in [2.24, 2.45) is 0 Å². The van der Waals surface area contributed by atoms with E-state index >= 15 is 0 Å². The molecule has 0 aliphatic carbocycles. The molecule has 0 bridgehead atoms. The van der Waals surface area contributed by atoms with E-state index in [2.05, 4.69) is 26.6 Å². The molecular weight excluding hydrogens is 480 g/mol. The number of allylic oxidation sites excluding steroid dienone is 1. The molecule has 0 radical (unpaired) electrons. The summed E-state index contributed by atoms with van der Waals surface area (Å²) in [4.78, 5) is 36.1. The minimum Gasteiger partial charge on any atom is -0.493 e. The van der Waals surface area contributed by atoms with Gasteiger partial charge in [0.2, 0.25) is 0 Å².